The molecule has 1 N–H and O–H groups in total. The Hall–Kier alpha value is -1.10. The fourth-order valence-electron chi connectivity index (χ4n) is 1.71. The molecule has 0 amide bonds. The van der Waals surface area contributed by atoms with Gasteiger partial charge in [-0.2, -0.15) is 5.10 Å². The fourth-order valence-corrected chi connectivity index (χ4v) is 2.07. The Morgan fingerprint density at radius 2 is 2.12 bits per heavy atom. The molecule has 1 saturated carbocycles. The maximum Gasteiger partial charge on any atom is 0.189 e. The standard InChI is InChI=1S/C11H16N4S/c1-16-11-12-8-7-10(13-11)15-14-9-5-3-2-4-6-9/h7-8H,2-6H2,1H3,(H,12,13,15). The Bertz CT molecular complexity index is 370. The lowest BCUT2D eigenvalue weighted by atomic mass is 9.99. The zero-order chi connectivity index (χ0) is 11.2. The lowest BCUT2D eigenvalue weighted by Crippen LogP contribution is -2.07. The van der Waals surface area contributed by atoms with Crippen LogP contribution in [0, 0.1) is 0 Å². The largest absolute Gasteiger partial charge is 0.261 e. The van der Waals surface area contributed by atoms with Gasteiger partial charge in [0.25, 0.3) is 0 Å². The molecular formula is C11H16N4S. The third-order valence-corrected chi connectivity index (χ3v) is 3.14. The molecular weight excluding hydrogens is 220 g/mol. The van der Waals surface area contributed by atoms with Gasteiger partial charge in [0.15, 0.2) is 11.0 Å². The van der Waals surface area contributed by atoms with Crippen LogP contribution in [-0.2, 0) is 0 Å². The van der Waals surface area contributed by atoms with E-state index < -0.39 is 0 Å². The van der Waals surface area contributed by atoms with E-state index >= 15 is 0 Å². The highest BCUT2D eigenvalue weighted by Gasteiger charge is 2.06. The van der Waals surface area contributed by atoms with Crippen LogP contribution in [0.1, 0.15) is 32.1 Å². The van der Waals surface area contributed by atoms with E-state index in [1.165, 1.54) is 36.7 Å². The minimum Gasteiger partial charge on any atom is -0.261 e. The molecule has 2 rings (SSSR count). The zero-order valence-corrected chi connectivity index (χ0v) is 10.3. The molecule has 0 atom stereocenters. The Morgan fingerprint density at radius 3 is 2.88 bits per heavy atom. The van der Waals surface area contributed by atoms with Crippen molar-refractivity contribution in [2.45, 2.75) is 37.3 Å². The number of thioether (sulfide) groups is 1. The van der Waals surface area contributed by atoms with Gasteiger partial charge in [-0.05, 0) is 31.9 Å². The van der Waals surface area contributed by atoms with Gasteiger partial charge >= 0.3 is 0 Å². The summed E-state index contributed by atoms with van der Waals surface area (Å²) in [7, 11) is 0. The molecule has 86 valence electrons. The molecule has 1 heterocycles. The maximum atomic E-state index is 4.40. The number of rotatable bonds is 3. The predicted molar refractivity (Wildman–Crippen MR) is 68.0 cm³/mol. The fraction of sp³-hybridized carbons (Fsp3) is 0.545. The summed E-state index contributed by atoms with van der Waals surface area (Å²) in [5, 5.41) is 5.17. The highest BCUT2D eigenvalue weighted by Crippen LogP contribution is 2.15. The molecule has 0 bridgehead atoms. The third-order valence-electron chi connectivity index (χ3n) is 2.58. The Balaban J connectivity index is 1.97. The van der Waals surface area contributed by atoms with Crippen LogP contribution >= 0.6 is 11.8 Å². The maximum absolute atomic E-state index is 4.40. The second kappa shape index (κ2) is 5.84. The highest BCUT2D eigenvalue weighted by molar-refractivity contribution is 7.98. The number of hydrogen-bond donors (Lipinski definition) is 1. The lowest BCUT2D eigenvalue weighted by Gasteiger charge is -2.12. The van der Waals surface area contributed by atoms with Crippen molar-refractivity contribution in [3.63, 3.8) is 0 Å². The van der Waals surface area contributed by atoms with Gasteiger partial charge in [-0.3, -0.25) is 5.43 Å². The van der Waals surface area contributed by atoms with Gasteiger partial charge in [0.1, 0.15) is 0 Å². The molecule has 0 aromatic carbocycles. The Morgan fingerprint density at radius 1 is 1.31 bits per heavy atom. The van der Waals surface area contributed by atoms with Crippen LogP contribution in [0.3, 0.4) is 0 Å². The summed E-state index contributed by atoms with van der Waals surface area (Å²) >= 11 is 1.53. The molecule has 1 aliphatic carbocycles. The first-order valence-electron chi connectivity index (χ1n) is 5.57. The first-order valence-corrected chi connectivity index (χ1v) is 6.79. The summed E-state index contributed by atoms with van der Waals surface area (Å²) in [4.78, 5) is 8.43. The van der Waals surface area contributed by atoms with Crippen LogP contribution in [0.15, 0.2) is 22.5 Å². The van der Waals surface area contributed by atoms with E-state index in [-0.39, 0.29) is 0 Å². The molecule has 0 aliphatic heterocycles. The van der Waals surface area contributed by atoms with Crippen molar-refractivity contribution in [3.05, 3.63) is 12.3 Å². The van der Waals surface area contributed by atoms with Crippen molar-refractivity contribution >= 4 is 23.3 Å². The molecule has 16 heavy (non-hydrogen) atoms. The molecule has 0 unspecified atom stereocenters. The number of nitrogens with one attached hydrogen (secondary N) is 1. The predicted octanol–water partition coefficient (Wildman–Crippen LogP) is 2.93. The molecule has 0 radical (unpaired) electrons. The van der Waals surface area contributed by atoms with Gasteiger partial charge in [-0.15, -0.1) is 0 Å². The average Bonchev–Trinajstić information content (AvgIpc) is 2.38. The monoisotopic (exact) mass is 236 g/mol. The number of aromatic nitrogens is 2. The minimum atomic E-state index is 0.772. The molecule has 1 aromatic rings. The molecule has 0 saturated heterocycles. The summed E-state index contributed by atoms with van der Waals surface area (Å²) in [6.45, 7) is 0. The normalized spacial score (nSPS) is 15.9. The smallest absolute Gasteiger partial charge is 0.189 e. The van der Waals surface area contributed by atoms with E-state index in [0.29, 0.717) is 0 Å². The van der Waals surface area contributed by atoms with Gasteiger partial charge in [-0.1, -0.05) is 18.2 Å². The van der Waals surface area contributed by atoms with Crippen LogP contribution in [0.2, 0.25) is 0 Å². The molecule has 1 fully saturated rings. The van der Waals surface area contributed by atoms with Gasteiger partial charge in [0.2, 0.25) is 0 Å². The lowest BCUT2D eigenvalue weighted by molar-refractivity contribution is 0.665. The molecule has 0 spiro atoms. The molecule has 5 heteroatoms. The summed E-state index contributed by atoms with van der Waals surface area (Å²) in [5.74, 6) is 0.775. The second-order valence-electron chi connectivity index (χ2n) is 3.78. The molecule has 1 aromatic heterocycles. The van der Waals surface area contributed by atoms with Gasteiger partial charge in [0.05, 0.1) is 0 Å². The van der Waals surface area contributed by atoms with Crippen LogP contribution in [-0.4, -0.2) is 21.9 Å². The Labute approximate surface area is 100.0 Å². The van der Waals surface area contributed by atoms with Gasteiger partial charge in [-0.25, -0.2) is 9.97 Å². The van der Waals surface area contributed by atoms with Crippen molar-refractivity contribution in [3.8, 4) is 0 Å². The van der Waals surface area contributed by atoms with Crippen LogP contribution in [0.4, 0.5) is 5.82 Å². The van der Waals surface area contributed by atoms with E-state index in [9.17, 15) is 0 Å². The quantitative estimate of drug-likeness (QED) is 0.498. The first kappa shape index (κ1) is 11.4. The molecule has 1 aliphatic rings. The van der Waals surface area contributed by atoms with Crippen molar-refractivity contribution in [2.75, 3.05) is 11.7 Å². The minimum absolute atomic E-state index is 0.772. The van der Waals surface area contributed by atoms with Crippen molar-refractivity contribution < 1.29 is 0 Å². The van der Waals surface area contributed by atoms with E-state index in [1.54, 1.807) is 6.20 Å². The summed E-state index contributed by atoms with van der Waals surface area (Å²) in [6, 6.07) is 1.84. The summed E-state index contributed by atoms with van der Waals surface area (Å²) < 4.78 is 0. The first-order chi connectivity index (χ1) is 7.88. The summed E-state index contributed by atoms with van der Waals surface area (Å²) in [5.41, 5.74) is 4.27. The van der Waals surface area contributed by atoms with Crippen molar-refractivity contribution in [2.24, 2.45) is 5.10 Å². The highest BCUT2D eigenvalue weighted by atomic mass is 32.2. The van der Waals surface area contributed by atoms with E-state index in [2.05, 4.69) is 20.5 Å². The van der Waals surface area contributed by atoms with E-state index in [1.807, 2.05) is 12.3 Å². The van der Waals surface area contributed by atoms with Crippen LogP contribution < -0.4 is 5.43 Å². The number of hydrogen-bond acceptors (Lipinski definition) is 5. The van der Waals surface area contributed by atoms with Crippen LogP contribution in [0.5, 0.6) is 0 Å². The molecule has 4 nitrogen and oxygen atoms in total. The van der Waals surface area contributed by atoms with E-state index in [0.717, 1.165) is 23.8 Å². The van der Waals surface area contributed by atoms with Crippen molar-refractivity contribution in [1.29, 1.82) is 0 Å². The van der Waals surface area contributed by atoms with Gasteiger partial charge < -0.3 is 0 Å². The van der Waals surface area contributed by atoms with Gasteiger partial charge in [0, 0.05) is 18.0 Å². The van der Waals surface area contributed by atoms with Crippen molar-refractivity contribution in [1.82, 2.24) is 9.97 Å². The topological polar surface area (TPSA) is 50.2 Å². The van der Waals surface area contributed by atoms with Crippen LogP contribution in [0.25, 0.3) is 0 Å². The number of hydrazone groups is 1. The Kier molecular flexibility index (Phi) is 4.16. The summed E-state index contributed by atoms with van der Waals surface area (Å²) in [6.07, 6.45) is 9.82. The second-order valence-corrected chi connectivity index (χ2v) is 4.55. The zero-order valence-electron chi connectivity index (χ0n) is 9.44. The average molecular weight is 236 g/mol. The number of nitrogens with zero attached hydrogens (tertiary/aromatic N) is 3. The number of anilines is 1. The SMILES string of the molecule is CSc1nccc(NN=C2CCCCC2)n1. The van der Waals surface area contributed by atoms with E-state index in [4.69, 9.17) is 0 Å². The third kappa shape index (κ3) is 3.20.